The topological polar surface area (TPSA) is 21.3 Å². The Morgan fingerprint density at radius 2 is 1.90 bits per heavy atom. The molecule has 0 amide bonds. The highest BCUT2D eigenvalue weighted by molar-refractivity contribution is 5.11. The standard InChI is InChI=1S/C18H33NO/c1-13(2)11-18(8-5-6-9-18)12-19-15-14-7-10-20-16(14)17(15,3)4/h13-16,19H,5-12H2,1-4H3. The molecule has 0 aromatic rings. The van der Waals surface area contributed by atoms with Crippen molar-refractivity contribution in [1.82, 2.24) is 5.32 Å². The van der Waals surface area contributed by atoms with E-state index in [1.165, 1.54) is 45.1 Å². The van der Waals surface area contributed by atoms with Gasteiger partial charge in [0.15, 0.2) is 0 Å². The van der Waals surface area contributed by atoms with Crippen LogP contribution in [0.5, 0.6) is 0 Å². The van der Waals surface area contributed by atoms with Gasteiger partial charge in [0.2, 0.25) is 0 Å². The third kappa shape index (κ3) is 2.43. The van der Waals surface area contributed by atoms with Gasteiger partial charge in [0.25, 0.3) is 0 Å². The van der Waals surface area contributed by atoms with Gasteiger partial charge in [-0.2, -0.15) is 0 Å². The monoisotopic (exact) mass is 279 g/mol. The maximum Gasteiger partial charge on any atom is 0.0685 e. The van der Waals surface area contributed by atoms with Crippen molar-refractivity contribution in [1.29, 1.82) is 0 Å². The zero-order valence-corrected chi connectivity index (χ0v) is 13.9. The van der Waals surface area contributed by atoms with Gasteiger partial charge in [-0.3, -0.25) is 0 Å². The van der Waals surface area contributed by atoms with Gasteiger partial charge in [-0.05, 0) is 37.0 Å². The molecule has 0 bridgehead atoms. The van der Waals surface area contributed by atoms with Crippen molar-refractivity contribution in [2.24, 2.45) is 22.7 Å². The summed E-state index contributed by atoms with van der Waals surface area (Å²) in [4.78, 5) is 0. The second kappa shape index (κ2) is 5.28. The van der Waals surface area contributed by atoms with Crippen LogP contribution in [0.2, 0.25) is 0 Å². The minimum Gasteiger partial charge on any atom is -0.377 e. The fraction of sp³-hybridized carbons (Fsp3) is 1.00. The predicted molar refractivity (Wildman–Crippen MR) is 83.8 cm³/mol. The molecule has 0 aromatic carbocycles. The number of hydrogen-bond donors (Lipinski definition) is 1. The van der Waals surface area contributed by atoms with E-state index in [1.807, 2.05) is 0 Å². The summed E-state index contributed by atoms with van der Waals surface area (Å²) in [5.41, 5.74) is 0.924. The SMILES string of the molecule is CC(C)CC1(CNC2C3CCOC3C2(C)C)CCCC1. The molecule has 1 aliphatic heterocycles. The molecule has 3 rings (SSSR count). The predicted octanol–water partition coefficient (Wildman–Crippen LogP) is 4.00. The minimum atomic E-state index is 0.332. The summed E-state index contributed by atoms with van der Waals surface area (Å²) in [7, 11) is 0. The Kier molecular flexibility index (Phi) is 3.92. The van der Waals surface area contributed by atoms with Crippen molar-refractivity contribution in [2.75, 3.05) is 13.2 Å². The first-order valence-electron chi connectivity index (χ1n) is 8.80. The van der Waals surface area contributed by atoms with Gasteiger partial charge in [-0.25, -0.2) is 0 Å². The Labute approximate surface area is 125 Å². The third-order valence-corrected chi connectivity index (χ3v) is 6.30. The maximum absolute atomic E-state index is 5.92. The van der Waals surface area contributed by atoms with Gasteiger partial charge in [-0.15, -0.1) is 0 Å². The second-order valence-corrected chi connectivity index (χ2v) is 8.73. The molecular weight excluding hydrogens is 246 g/mol. The van der Waals surface area contributed by atoms with E-state index >= 15 is 0 Å². The van der Waals surface area contributed by atoms with Crippen LogP contribution < -0.4 is 5.32 Å². The van der Waals surface area contributed by atoms with E-state index in [1.54, 1.807) is 0 Å². The lowest BCUT2D eigenvalue weighted by atomic mass is 9.57. The van der Waals surface area contributed by atoms with E-state index in [2.05, 4.69) is 33.0 Å². The fourth-order valence-corrected chi connectivity index (χ4v) is 5.51. The Balaban J connectivity index is 1.60. The highest BCUT2D eigenvalue weighted by Crippen LogP contribution is 2.52. The molecule has 116 valence electrons. The molecule has 3 aliphatic rings. The van der Waals surface area contributed by atoms with Crippen LogP contribution in [0.3, 0.4) is 0 Å². The Morgan fingerprint density at radius 3 is 2.55 bits per heavy atom. The van der Waals surface area contributed by atoms with E-state index in [-0.39, 0.29) is 0 Å². The van der Waals surface area contributed by atoms with Crippen LogP contribution in [0, 0.1) is 22.7 Å². The first-order valence-corrected chi connectivity index (χ1v) is 8.80. The largest absolute Gasteiger partial charge is 0.377 e. The molecule has 1 heterocycles. The molecule has 2 aliphatic carbocycles. The molecule has 3 unspecified atom stereocenters. The molecule has 2 heteroatoms. The van der Waals surface area contributed by atoms with Crippen molar-refractivity contribution in [3.63, 3.8) is 0 Å². The van der Waals surface area contributed by atoms with Crippen molar-refractivity contribution in [3.05, 3.63) is 0 Å². The first-order chi connectivity index (χ1) is 9.45. The highest BCUT2D eigenvalue weighted by atomic mass is 16.5. The molecule has 3 atom stereocenters. The van der Waals surface area contributed by atoms with Gasteiger partial charge in [0.1, 0.15) is 0 Å². The van der Waals surface area contributed by atoms with Crippen LogP contribution in [0.25, 0.3) is 0 Å². The van der Waals surface area contributed by atoms with Gasteiger partial charge < -0.3 is 10.1 Å². The summed E-state index contributed by atoms with van der Waals surface area (Å²) < 4.78 is 5.92. The molecule has 1 saturated heterocycles. The smallest absolute Gasteiger partial charge is 0.0685 e. The second-order valence-electron chi connectivity index (χ2n) is 8.73. The maximum atomic E-state index is 5.92. The molecule has 0 radical (unpaired) electrons. The number of rotatable bonds is 5. The molecule has 3 fully saturated rings. The van der Waals surface area contributed by atoms with Crippen molar-refractivity contribution >= 4 is 0 Å². The van der Waals surface area contributed by atoms with Gasteiger partial charge in [0, 0.05) is 30.5 Å². The van der Waals surface area contributed by atoms with Gasteiger partial charge >= 0.3 is 0 Å². The fourth-order valence-electron chi connectivity index (χ4n) is 5.51. The van der Waals surface area contributed by atoms with Crippen LogP contribution in [-0.2, 0) is 4.74 Å². The average Bonchev–Trinajstić information content (AvgIpc) is 2.97. The Hall–Kier alpha value is -0.0800. The number of hydrogen-bond acceptors (Lipinski definition) is 2. The zero-order chi connectivity index (χ0) is 14.4. The molecule has 2 nitrogen and oxygen atoms in total. The van der Waals surface area contributed by atoms with Crippen molar-refractivity contribution in [3.8, 4) is 0 Å². The number of ether oxygens (including phenoxy) is 1. The van der Waals surface area contributed by atoms with Gasteiger partial charge in [0.05, 0.1) is 6.10 Å². The van der Waals surface area contributed by atoms with Crippen LogP contribution in [-0.4, -0.2) is 25.3 Å². The molecular formula is C18H33NO. The summed E-state index contributed by atoms with van der Waals surface area (Å²) in [5.74, 6) is 1.61. The molecule has 20 heavy (non-hydrogen) atoms. The Morgan fingerprint density at radius 1 is 1.20 bits per heavy atom. The van der Waals surface area contributed by atoms with E-state index in [0.29, 0.717) is 23.0 Å². The summed E-state index contributed by atoms with van der Waals surface area (Å²) in [6.07, 6.45) is 8.95. The molecule has 0 spiro atoms. The summed E-state index contributed by atoms with van der Waals surface area (Å²) in [6.45, 7) is 11.8. The van der Waals surface area contributed by atoms with Crippen molar-refractivity contribution < 1.29 is 4.74 Å². The molecule has 0 aromatic heterocycles. The lowest BCUT2D eigenvalue weighted by Crippen LogP contribution is -2.66. The van der Waals surface area contributed by atoms with E-state index in [0.717, 1.165) is 18.4 Å². The number of fused-ring (bicyclic) bond motifs is 1. The first kappa shape index (κ1) is 14.8. The molecule has 1 N–H and O–H groups in total. The summed E-state index contributed by atoms with van der Waals surface area (Å²) >= 11 is 0. The molecule has 2 saturated carbocycles. The van der Waals surface area contributed by atoms with E-state index < -0.39 is 0 Å². The van der Waals surface area contributed by atoms with E-state index in [4.69, 9.17) is 4.74 Å². The van der Waals surface area contributed by atoms with Crippen LogP contribution in [0.4, 0.5) is 0 Å². The normalized spacial score (nSPS) is 38.0. The highest BCUT2D eigenvalue weighted by Gasteiger charge is 2.59. The van der Waals surface area contributed by atoms with E-state index in [9.17, 15) is 0 Å². The Bertz CT molecular complexity index is 343. The quantitative estimate of drug-likeness (QED) is 0.821. The zero-order valence-electron chi connectivity index (χ0n) is 13.9. The van der Waals surface area contributed by atoms with Crippen molar-refractivity contribution in [2.45, 2.75) is 78.4 Å². The average molecular weight is 279 g/mol. The van der Waals surface area contributed by atoms with Crippen LogP contribution in [0.1, 0.15) is 66.2 Å². The lowest BCUT2D eigenvalue weighted by Gasteiger charge is -2.55. The van der Waals surface area contributed by atoms with Crippen LogP contribution >= 0.6 is 0 Å². The number of nitrogens with one attached hydrogen (secondary N) is 1. The summed E-state index contributed by atoms with van der Waals surface area (Å²) in [6, 6.07) is 0.680. The van der Waals surface area contributed by atoms with Gasteiger partial charge in [-0.1, -0.05) is 40.5 Å². The minimum absolute atomic E-state index is 0.332. The van der Waals surface area contributed by atoms with Crippen LogP contribution in [0.15, 0.2) is 0 Å². The summed E-state index contributed by atoms with van der Waals surface area (Å²) in [5, 5.41) is 3.99. The lowest BCUT2D eigenvalue weighted by molar-refractivity contribution is -0.114. The third-order valence-electron chi connectivity index (χ3n) is 6.30.